The number of nitrogens with zero attached hydrogens (tertiary/aromatic N) is 1. The van der Waals surface area contributed by atoms with E-state index in [0.29, 0.717) is 13.1 Å². The summed E-state index contributed by atoms with van der Waals surface area (Å²) in [6.07, 6.45) is 0. The van der Waals surface area contributed by atoms with Crippen molar-refractivity contribution >= 4 is 10.2 Å². The highest BCUT2D eigenvalue weighted by atomic mass is 32.2. The molecule has 5 heteroatoms. The van der Waals surface area contributed by atoms with E-state index in [1.54, 1.807) is 13.8 Å². The Balaban J connectivity index is 4.28. The lowest BCUT2D eigenvalue weighted by molar-refractivity contribution is 0.439. The van der Waals surface area contributed by atoms with Crippen molar-refractivity contribution in [1.82, 2.24) is 9.03 Å². The molecule has 0 aliphatic heterocycles. The summed E-state index contributed by atoms with van der Waals surface area (Å²) in [7, 11) is -1.77. The van der Waals surface area contributed by atoms with Crippen LogP contribution >= 0.6 is 0 Å². The maximum absolute atomic E-state index is 11.0. The van der Waals surface area contributed by atoms with Crippen molar-refractivity contribution in [3.05, 3.63) is 0 Å². The van der Waals surface area contributed by atoms with Gasteiger partial charge in [-0.05, 0) is 0 Å². The molecule has 0 aromatic heterocycles. The highest BCUT2D eigenvalue weighted by molar-refractivity contribution is 7.87. The zero-order valence-electron chi connectivity index (χ0n) is 6.59. The Bertz CT molecular complexity index is 172. The molecule has 0 unspecified atom stereocenters. The minimum atomic E-state index is -3.18. The summed E-state index contributed by atoms with van der Waals surface area (Å²) in [5, 5.41) is 0. The first-order chi connectivity index (χ1) is 4.58. The van der Waals surface area contributed by atoms with E-state index in [0.717, 1.165) is 0 Å². The second kappa shape index (κ2) is 3.90. The van der Waals surface area contributed by atoms with Crippen molar-refractivity contribution in [2.45, 2.75) is 13.8 Å². The van der Waals surface area contributed by atoms with Crippen LogP contribution in [-0.4, -0.2) is 32.9 Å². The van der Waals surface area contributed by atoms with Gasteiger partial charge in [0.25, 0.3) is 10.2 Å². The van der Waals surface area contributed by atoms with Gasteiger partial charge in [-0.1, -0.05) is 13.8 Å². The average molecular weight is 166 g/mol. The number of rotatable bonds is 4. The molecule has 0 amide bonds. The molecule has 0 aliphatic rings. The Morgan fingerprint density at radius 3 is 1.80 bits per heavy atom. The van der Waals surface area contributed by atoms with Crippen LogP contribution in [0.15, 0.2) is 0 Å². The van der Waals surface area contributed by atoms with Gasteiger partial charge in [-0.2, -0.15) is 12.7 Å². The minimum Gasteiger partial charge on any atom is -0.205 e. The zero-order valence-corrected chi connectivity index (χ0v) is 7.40. The van der Waals surface area contributed by atoms with Gasteiger partial charge < -0.3 is 0 Å². The second-order valence-electron chi connectivity index (χ2n) is 1.79. The van der Waals surface area contributed by atoms with Gasteiger partial charge in [-0.25, -0.2) is 4.72 Å². The molecule has 0 saturated carbocycles. The SMILES string of the molecule is CCN(CC)S(=O)(=O)NC. The average Bonchev–Trinajstić information content (AvgIpc) is 1.90. The van der Waals surface area contributed by atoms with Gasteiger partial charge in [-0.3, -0.25) is 0 Å². The third-order valence-electron chi connectivity index (χ3n) is 1.30. The summed E-state index contributed by atoms with van der Waals surface area (Å²) in [6, 6.07) is 0. The first kappa shape index (κ1) is 9.87. The van der Waals surface area contributed by atoms with Gasteiger partial charge in [0, 0.05) is 20.1 Å². The van der Waals surface area contributed by atoms with Crippen molar-refractivity contribution in [3.63, 3.8) is 0 Å². The fraction of sp³-hybridized carbons (Fsp3) is 1.00. The highest BCUT2D eigenvalue weighted by Gasteiger charge is 2.14. The van der Waals surface area contributed by atoms with Crippen molar-refractivity contribution < 1.29 is 8.42 Å². The van der Waals surface area contributed by atoms with Crippen LogP contribution in [0.4, 0.5) is 0 Å². The van der Waals surface area contributed by atoms with Gasteiger partial charge in [0.05, 0.1) is 0 Å². The van der Waals surface area contributed by atoms with Crippen molar-refractivity contribution in [2.24, 2.45) is 0 Å². The molecule has 10 heavy (non-hydrogen) atoms. The zero-order chi connectivity index (χ0) is 8.20. The van der Waals surface area contributed by atoms with Crippen LogP contribution in [0.2, 0.25) is 0 Å². The molecule has 0 atom stereocenters. The maximum Gasteiger partial charge on any atom is 0.279 e. The lowest BCUT2D eigenvalue weighted by Gasteiger charge is -2.16. The third-order valence-corrected chi connectivity index (χ3v) is 3.02. The second-order valence-corrected chi connectivity index (χ2v) is 3.67. The molecule has 62 valence electrons. The first-order valence-corrected chi connectivity index (χ1v) is 4.71. The lowest BCUT2D eigenvalue weighted by atomic mass is 10.7. The third kappa shape index (κ3) is 2.24. The van der Waals surface area contributed by atoms with E-state index in [9.17, 15) is 8.42 Å². The molecule has 0 heterocycles. The Hall–Kier alpha value is -0.130. The van der Waals surface area contributed by atoms with E-state index in [4.69, 9.17) is 0 Å². The predicted octanol–water partition coefficient (Wildman–Crippen LogP) is -0.208. The van der Waals surface area contributed by atoms with Gasteiger partial charge in [0.2, 0.25) is 0 Å². The molecule has 0 saturated heterocycles. The quantitative estimate of drug-likeness (QED) is 0.628. The number of hydrogen-bond acceptors (Lipinski definition) is 2. The van der Waals surface area contributed by atoms with E-state index >= 15 is 0 Å². The molecule has 0 aromatic carbocycles. The van der Waals surface area contributed by atoms with Crippen LogP contribution in [0.3, 0.4) is 0 Å². The largest absolute Gasteiger partial charge is 0.279 e. The van der Waals surface area contributed by atoms with Crippen molar-refractivity contribution in [1.29, 1.82) is 0 Å². The maximum atomic E-state index is 11.0. The Morgan fingerprint density at radius 1 is 1.30 bits per heavy atom. The monoisotopic (exact) mass is 166 g/mol. The summed E-state index contributed by atoms with van der Waals surface area (Å²) < 4.78 is 25.5. The molecule has 0 spiro atoms. The van der Waals surface area contributed by atoms with Crippen molar-refractivity contribution in [2.75, 3.05) is 20.1 Å². The van der Waals surface area contributed by atoms with E-state index in [1.165, 1.54) is 11.4 Å². The van der Waals surface area contributed by atoms with Crippen LogP contribution in [-0.2, 0) is 10.2 Å². The van der Waals surface area contributed by atoms with E-state index in [-0.39, 0.29) is 0 Å². The smallest absolute Gasteiger partial charge is 0.205 e. The van der Waals surface area contributed by atoms with Crippen LogP contribution < -0.4 is 4.72 Å². The number of nitrogens with one attached hydrogen (secondary N) is 1. The van der Waals surface area contributed by atoms with E-state index in [1.807, 2.05) is 0 Å². The topological polar surface area (TPSA) is 49.4 Å². The fourth-order valence-electron chi connectivity index (χ4n) is 0.693. The molecule has 1 N–H and O–H groups in total. The standard InChI is InChI=1S/C5H14N2O2S/c1-4-7(5-2)10(8,9)6-3/h6H,4-5H2,1-3H3. The predicted molar refractivity (Wildman–Crippen MR) is 40.9 cm³/mol. The van der Waals surface area contributed by atoms with Crippen LogP contribution in [0.1, 0.15) is 13.8 Å². The van der Waals surface area contributed by atoms with Gasteiger partial charge in [-0.15, -0.1) is 0 Å². The molecular weight excluding hydrogens is 152 g/mol. The Morgan fingerprint density at radius 2 is 1.70 bits per heavy atom. The molecule has 4 nitrogen and oxygen atoms in total. The fourth-order valence-corrected chi connectivity index (χ4v) is 1.63. The first-order valence-electron chi connectivity index (χ1n) is 3.27. The van der Waals surface area contributed by atoms with Crippen LogP contribution in [0.5, 0.6) is 0 Å². The summed E-state index contributed by atoms with van der Waals surface area (Å²) >= 11 is 0. The summed E-state index contributed by atoms with van der Waals surface area (Å²) in [6.45, 7) is 4.64. The van der Waals surface area contributed by atoms with Crippen molar-refractivity contribution in [3.8, 4) is 0 Å². The molecule has 0 radical (unpaired) electrons. The summed E-state index contributed by atoms with van der Waals surface area (Å²) in [5.41, 5.74) is 0. The van der Waals surface area contributed by atoms with Gasteiger partial charge in [0.15, 0.2) is 0 Å². The number of hydrogen-bond donors (Lipinski definition) is 1. The summed E-state index contributed by atoms with van der Waals surface area (Å²) in [4.78, 5) is 0. The highest BCUT2D eigenvalue weighted by Crippen LogP contribution is 1.93. The molecular formula is C5H14N2O2S. The molecule has 0 rings (SSSR count). The lowest BCUT2D eigenvalue weighted by Crippen LogP contribution is -2.38. The minimum absolute atomic E-state index is 0.514. The Kier molecular flexibility index (Phi) is 3.85. The molecule has 0 aliphatic carbocycles. The molecule has 0 aromatic rings. The molecule has 0 bridgehead atoms. The van der Waals surface area contributed by atoms with Gasteiger partial charge >= 0.3 is 0 Å². The Labute approximate surface area is 62.4 Å². The van der Waals surface area contributed by atoms with E-state index < -0.39 is 10.2 Å². The van der Waals surface area contributed by atoms with Crippen LogP contribution in [0, 0.1) is 0 Å². The molecule has 0 fully saturated rings. The van der Waals surface area contributed by atoms with Crippen LogP contribution in [0.25, 0.3) is 0 Å². The normalized spacial score (nSPS) is 12.4. The van der Waals surface area contributed by atoms with E-state index in [2.05, 4.69) is 4.72 Å². The van der Waals surface area contributed by atoms with Gasteiger partial charge in [0.1, 0.15) is 0 Å². The summed E-state index contributed by atoms with van der Waals surface area (Å²) in [5.74, 6) is 0.